The first-order chi connectivity index (χ1) is 7.69. The topological polar surface area (TPSA) is 32.3 Å². The van der Waals surface area contributed by atoms with Crippen molar-refractivity contribution in [2.75, 3.05) is 6.61 Å². The summed E-state index contributed by atoms with van der Waals surface area (Å²) >= 11 is 12.0. The second-order valence-electron chi connectivity index (χ2n) is 3.71. The molecule has 0 saturated heterocycles. The molecule has 0 heterocycles. The number of aliphatic hydroxyl groups excluding tert-OH is 1. The quantitative estimate of drug-likeness (QED) is 0.824. The van der Waals surface area contributed by atoms with Gasteiger partial charge in [0.2, 0.25) is 0 Å². The molecule has 0 aromatic heterocycles. The Kier molecular flexibility index (Phi) is 6.14. The van der Waals surface area contributed by atoms with E-state index < -0.39 is 0 Å². The normalized spacial score (nSPS) is 12.8. The van der Waals surface area contributed by atoms with Gasteiger partial charge < -0.3 is 10.4 Å². The molecule has 0 bridgehead atoms. The number of halogens is 2. The maximum atomic E-state index is 8.88. The molecule has 1 unspecified atom stereocenters. The fourth-order valence-electron chi connectivity index (χ4n) is 1.55. The van der Waals surface area contributed by atoms with Gasteiger partial charge in [-0.3, -0.25) is 0 Å². The van der Waals surface area contributed by atoms with Crippen molar-refractivity contribution in [1.82, 2.24) is 5.32 Å². The van der Waals surface area contributed by atoms with Gasteiger partial charge in [0.15, 0.2) is 0 Å². The number of benzene rings is 1. The molecular weight excluding hydrogens is 245 g/mol. The van der Waals surface area contributed by atoms with E-state index in [1.54, 1.807) is 6.07 Å². The molecule has 0 aliphatic heterocycles. The highest BCUT2D eigenvalue weighted by Gasteiger charge is 2.07. The molecule has 2 N–H and O–H groups in total. The van der Waals surface area contributed by atoms with E-state index in [0.29, 0.717) is 22.6 Å². The molecule has 1 rings (SSSR count). The molecule has 0 radical (unpaired) electrons. The third-order valence-electron chi connectivity index (χ3n) is 2.58. The van der Waals surface area contributed by atoms with Crippen molar-refractivity contribution in [3.8, 4) is 0 Å². The Hall–Kier alpha value is -0.280. The lowest BCUT2D eigenvalue weighted by molar-refractivity contribution is 0.262. The Bertz CT molecular complexity index is 331. The maximum Gasteiger partial charge on any atom is 0.0637 e. The van der Waals surface area contributed by atoms with E-state index >= 15 is 0 Å². The SMILES string of the molecule is CCC(CCO)NCc1cccc(Cl)c1Cl. The van der Waals surface area contributed by atoms with Crippen molar-refractivity contribution in [2.24, 2.45) is 0 Å². The average molecular weight is 262 g/mol. The number of hydrogen-bond acceptors (Lipinski definition) is 2. The van der Waals surface area contributed by atoms with Crippen LogP contribution in [0.25, 0.3) is 0 Å². The van der Waals surface area contributed by atoms with Crippen LogP contribution in [0.5, 0.6) is 0 Å². The first-order valence-electron chi connectivity index (χ1n) is 5.46. The highest BCUT2D eigenvalue weighted by Crippen LogP contribution is 2.25. The third-order valence-corrected chi connectivity index (χ3v) is 3.44. The average Bonchev–Trinajstić information content (AvgIpc) is 2.29. The van der Waals surface area contributed by atoms with E-state index in [0.717, 1.165) is 18.4 Å². The van der Waals surface area contributed by atoms with Crippen LogP contribution in [0.2, 0.25) is 10.0 Å². The van der Waals surface area contributed by atoms with Crippen molar-refractivity contribution < 1.29 is 5.11 Å². The van der Waals surface area contributed by atoms with Crippen molar-refractivity contribution in [1.29, 1.82) is 0 Å². The molecule has 0 fully saturated rings. The molecular formula is C12H17Cl2NO. The minimum absolute atomic E-state index is 0.203. The summed E-state index contributed by atoms with van der Waals surface area (Å²) < 4.78 is 0. The maximum absolute atomic E-state index is 8.88. The van der Waals surface area contributed by atoms with Gasteiger partial charge in [0, 0.05) is 19.2 Å². The Morgan fingerprint density at radius 3 is 2.75 bits per heavy atom. The molecule has 0 aliphatic carbocycles. The Morgan fingerprint density at radius 1 is 1.38 bits per heavy atom. The lowest BCUT2D eigenvalue weighted by Crippen LogP contribution is -2.28. The van der Waals surface area contributed by atoms with E-state index in [9.17, 15) is 0 Å². The molecule has 1 aromatic carbocycles. The van der Waals surface area contributed by atoms with Crippen molar-refractivity contribution >= 4 is 23.2 Å². The second-order valence-corrected chi connectivity index (χ2v) is 4.50. The molecule has 90 valence electrons. The fraction of sp³-hybridized carbons (Fsp3) is 0.500. The van der Waals surface area contributed by atoms with Gasteiger partial charge in [-0.05, 0) is 24.5 Å². The van der Waals surface area contributed by atoms with Gasteiger partial charge in [-0.1, -0.05) is 42.3 Å². The molecule has 0 saturated carbocycles. The van der Waals surface area contributed by atoms with Gasteiger partial charge in [0.1, 0.15) is 0 Å². The zero-order valence-electron chi connectivity index (χ0n) is 9.34. The van der Waals surface area contributed by atoms with Gasteiger partial charge >= 0.3 is 0 Å². The Morgan fingerprint density at radius 2 is 2.12 bits per heavy atom. The summed E-state index contributed by atoms with van der Waals surface area (Å²) in [5.74, 6) is 0. The standard InChI is InChI=1S/C12H17Cl2NO/c1-2-10(6-7-16)15-8-9-4-3-5-11(13)12(9)14/h3-5,10,15-16H,2,6-8H2,1H3. The van der Waals surface area contributed by atoms with Gasteiger partial charge in [-0.25, -0.2) is 0 Å². The summed E-state index contributed by atoms with van der Waals surface area (Å²) in [6.45, 7) is 2.97. The van der Waals surface area contributed by atoms with Crippen LogP contribution in [0.1, 0.15) is 25.3 Å². The number of rotatable bonds is 6. The van der Waals surface area contributed by atoms with Crippen LogP contribution in [-0.4, -0.2) is 17.8 Å². The molecule has 2 nitrogen and oxygen atoms in total. The molecule has 1 aromatic rings. The van der Waals surface area contributed by atoms with E-state index in [4.69, 9.17) is 28.3 Å². The van der Waals surface area contributed by atoms with Gasteiger partial charge in [-0.2, -0.15) is 0 Å². The zero-order valence-corrected chi connectivity index (χ0v) is 10.9. The first kappa shape index (κ1) is 13.8. The van der Waals surface area contributed by atoms with Gasteiger partial charge in [0.25, 0.3) is 0 Å². The summed E-state index contributed by atoms with van der Waals surface area (Å²) in [7, 11) is 0. The first-order valence-corrected chi connectivity index (χ1v) is 6.21. The van der Waals surface area contributed by atoms with Crippen LogP contribution < -0.4 is 5.32 Å². The largest absolute Gasteiger partial charge is 0.396 e. The van der Waals surface area contributed by atoms with Crippen molar-refractivity contribution in [3.63, 3.8) is 0 Å². The Labute approximate surface area is 107 Å². The van der Waals surface area contributed by atoms with Crippen molar-refractivity contribution in [2.45, 2.75) is 32.4 Å². The predicted octanol–water partition coefficient (Wildman–Crippen LogP) is 3.24. The van der Waals surface area contributed by atoms with E-state index in [2.05, 4.69) is 12.2 Å². The predicted molar refractivity (Wildman–Crippen MR) is 69.1 cm³/mol. The van der Waals surface area contributed by atoms with Crippen LogP contribution in [0.3, 0.4) is 0 Å². The summed E-state index contributed by atoms with van der Waals surface area (Å²) in [5.41, 5.74) is 0.991. The lowest BCUT2D eigenvalue weighted by atomic mass is 10.1. The summed E-state index contributed by atoms with van der Waals surface area (Å²) in [6, 6.07) is 5.93. The molecule has 1 atom stereocenters. The summed E-state index contributed by atoms with van der Waals surface area (Å²) in [4.78, 5) is 0. The Balaban J connectivity index is 2.56. The molecule has 16 heavy (non-hydrogen) atoms. The van der Waals surface area contributed by atoms with Crippen LogP contribution in [0.4, 0.5) is 0 Å². The van der Waals surface area contributed by atoms with E-state index in [1.807, 2.05) is 12.1 Å². The van der Waals surface area contributed by atoms with E-state index in [1.165, 1.54) is 0 Å². The summed E-state index contributed by atoms with van der Waals surface area (Å²) in [5, 5.41) is 13.4. The van der Waals surface area contributed by atoms with Crippen LogP contribution in [-0.2, 0) is 6.54 Å². The monoisotopic (exact) mass is 261 g/mol. The molecule has 0 spiro atoms. The van der Waals surface area contributed by atoms with Crippen molar-refractivity contribution in [3.05, 3.63) is 33.8 Å². The summed E-state index contributed by atoms with van der Waals surface area (Å²) in [6.07, 6.45) is 1.74. The minimum Gasteiger partial charge on any atom is -0.396 e. The fourth-order valence-corrected chi connectivity index (χ4v) is 1.93. The van der Waals surface area contributed by atoms with Crippen LogP contribution in [0, 0.1) is 0 Å². The number of hydrogen-bond donors (Lipinski definition) is 2. The molecule has 4 heteroatoms. The lowest BCUT2D eigenvalue weighted by Gasteiger charge is -2.16. The number of nitrogens with one attached hydrogen (secondary N) is 1. The second kappa shape index (κ2) is 7.13. The van der Waals surface area contributed by atoms with Crippen LogP contribution >= 0.6 is 23.2 Å². The zero-order chi connectivity index (χ0) is 12.0. The highest BCUT2D eigenvalue weighted by atomic mass is 35.5. The molecule has 0 aliphatic rings. The smallest absolute Gasteiger partial charge is 0.0637 e. The van der Waals surface area contributed by atoms with E-state index in [-0.39, 0.29) is 6.61 Å². The molecule has 0 amide bonds. The van der Waals surface area contributed by atoms with Crippen LogP contribution in [0.15, 0.2) is 18.2 Å². The third kappa shape index (κ3) is 3.95. The number of aliphatic hydroxyl groups is 1. The van der Waals surface area contributed by atoms with Gasteiger partial charge in [-0.15, -0.1) is 0 Å². The highest BCUT2D eigenvalue weighted by molar-refractivity contribution is 6.42. The van der Waals surface area contributed by atoms with Gasteiger partial charge in [0.05, 0.1) is 10.0 Å². The minimum atomic E-state index is 0.203.